The molecule has 0 spiro atoms. The molecule has 0 aliphatic heterocycles. The number of aromatic nitrogens is 4. The first-order chi connectivity index (χ1) is 9.47. The van der Waals surface area contributed by atoms with E-state index in [1.165, 1.54) is 0 Å². The van der Waals surface area contributed by atoms with Crippen LogP contribution in [-0.2, 0) is 13.0 Å². The number of hydrogen-bond donors (Lipinski definition) is 3. The second kappa shape index (κ2) is 5.90. The quantitative estimate of drug-likeness (QED) is 0.778. The van der Waals surface area contributed by atoms with E-state index < -0.39 is 0 Å². The molecule has 108 valence electrons. The first-order valence-electron chi connectivity index (χ1n) is 6.80. The van der Waals surface area contributed by atoms with Crippen LogP contribution in [0.4, 0.5) is 0 Å². The lowest BCUT2D eigenvalue weighted by Gasteiger charge is -2.03. The molecular formula is C14H21N5O. The van der Waals surface area contributed by atoms with E-state index in [1.54, 1.807) is 0 Å². The average Bonchev–Trinajstić information content (AvgIpc) is 2.95. The van der Waals surface area contributed by atoms with Crippen molar-refractivity contribution < 1.29 is 4.79 Å². The van der Waals surface area contributed by atoms with Gasteiger partial charge in [0.15, 0.2) is 0 Å². The van der Waals surface area contributed by atoms with Crippen molar-refractivity contribution in [1.82, 2.24) is 25.7 Å². The number of nitrogens with one attached hydrogen (secondary N) is 3. The molecule has 2 aromatic heterocycles. The highest BCUT2D eigenvalue weighted by Crippen LogP contribution is 2.10. The maximum Gasteiger partial charge on any atom is 0.272 e. The Morgan fingerprint density at radius 3 is 2.65 bits per heavy atom. The number of carbonyl (C=O) groups is 1. The summed E-state index contributed by atoms with van der Waals surface area (Å²) < 4.78 is 0. The number of rotatable bonds is 5. The van der Waals surface area contributed by atoms with E-state index in [9.17, 15) is 4.79 Å². The van der Waals surface area contributed by atoms with Crippen LogP contribution in [0.15, 0.2) is 6.07 Å². The fourth-order valence-electron chi connectivity index (χ4n) is 2.12. The lowest BCUT2D eigenvalue weighted by Crippen LogP contribution is -2.23. The number of H-pyrrole nitrogens is 2. The molecular weight excluding hydrogens is 254 g/mol. The Hall–Kier alpha value is -2.11. The molecule has 0 atom stereocenters. The Morgan fingerprint density at radius 2 is 2.05 bits per heavy atom. The van der Waals surface area contributed by atoms with Gasteiger partial charge in [0.25, 0.3) is 5.91 Å². The molecule has 2 heterocycles. The minimum Gasteiger partial charge on any atom is -0.346 e. The number of carbonyl (C=O) groups excluding carboxylic acids is 1. The zero-order chi connectivity index (χ0) is 14.7. The lowest BCUT2D eigenvalue weighted by molar-refractivity contribution is 0.0946. The highest BCUT2D eigenvalue weighted by atomic mass is 16.1. The van der Waals surface area contributed by atoms with E-state index in [-0.39, 0.29) is 5.91 Å². The summed E-state index contributed by atoms with van der Waals surface area (Å²) in [6.07, 6.45) is 0.889. The van der Waals surface area contributed by atoms with Gasteiger partial charge in [0, 0.05) is 23.5 Å². The molecule has 0 aromatic carbocycles. The number of amides is 1. The number of aryl methyl sites for hydroxylation is 2. The molecule has 2 rings (SSSR count). The van der Waals surface area contributed by atoms with Crippen molar-refractivity contribution in [2.75, 3.05) is 0 Å². The van der Waals surface area contributed by atoms with Crippen molar-refractivity contribution in [2.24, 2.45) is 5.92 Å². The van der Waals surface area contributed by atoms with Gasteiger partial charge in [-0.3, -0.25) is 15.0 Å². The number of hydrogen-bond acceptors (Lipinski definition) is 3. The molecule has 0 saturated heterocycles. The summed E-state index contributed by atoms with van der Waals surface area (Å²) in [6.45, 7) is 8.58. The normalized spacial score (nSPS) is 11.1. The fraction of sp³-hybridized carbons (Fsp3) is 0.500. The maximum absolute atomic E-state index is 12.0. The van der Waals surface area contributed by atoms with E-state index in [2.05, 4.69) is 39.6 Å². The molecule has 0 bridgehead atoms. The van der Waals surface area contributed by atoms with Crippen LogP contribution >= 0.6 is 0 Å². The van der Waals surface area contributed by atoms with Gasteiger partial charge in [-0.25, -0.2) is 0 Å². The molecule has 1 amide bonds. The third-order valence-corrected chi connectivity index (χ3v) is 3.20. The first-order valence-corrected chi connectivity index (χ1v) is 6.80. The van der Waals surface area contributed by atoms with Crippen LogP contribution < -0.4 is 5.32 Å². The summed E-state index contributed by atoms with van der Waals surface area (Å²) in [7, 11) is 0. The van der Waals surface area contributed by atoms with E-state index >= 15 is 0 Å². The van der Waals surface area contributed by atoms with Crippen LogP contribution in [0.5, 0.6) is 0 Å². The first kappa shape index (κ1) is 14.3. The monoisotopic (exact) mass is 275 g/mol. The molecule has 6 nitrogen and oxygen atoms in total. The van der Waals surface area contributed by atoms with Gasteiger partial charge in [-0.05, 0) is 32.3 Å². The zero-order valence-electron chi connectivity index (χ0n) is 12.4. The molecule has 6 heteroatoms. The largest absolute Gasteiger partial charge is 0.346 e. The lowest BCUT2D eigenvalue weighted by atomic mass is 10.1. The molecule has 20 heavy (non-hydrogen) atoms. The smallest absolute Gasteiger partial charge is 0.272 e. The molecule has 0 aliphatic rings. The van der Waals surface area contributed by atoms with Crippen molar-refractivity contribution in [3.8, 4) is 0 Å². The Bertz CT molecular complexity index is 577. The molecule has 0 aliphatic carbocycles. The van der Waals surface area contributed by atoms with Crippen LogP contribution in [-0.4, -0.2) is 26.3 Å². The average molecular weight is 275 g/mol. The standard InChI is InChI=1S/C14H21N5O/c1-8(2)5-11-6-13(19-18-11)14(20)15-7-12-9(3)16-17-10(12)4/h6,8H,5,7H2,1-4H3,(H,15,20)(H,16,17)(H,18,19). The van der Waals surface area contributed by atoms with Crippen molar-refractivity contribution in [1.29, 1.82) is 0 Å². The van der Waals surface area contributed by atoms with Crippen molar-refractivity contribution in [2.45, 2.75) is 40.7 Å². The Labute approximate surface area is 118 Å². The molecule has 0 fully saturated rings. The predicted octanol–water partition coefficient (Wildman–Crippen LogP) is 1.88. The number of nitrogens with zero attached hydrogens (tertiary/aromatic N) is 2. The Balaban J connectivity index is 1.97. The van der Waals surface area contributed by atoms with Gasteiger partial charge in [0.1, 0.15) is 5.69 Å². The topological polar surface area (TPSA) is 86.5 Å². The Kier molecular flexibility index (Phi) is 4.22. The van der Waals surface area contributed by atoms with Crippen LogP contribution in [0, 0.1) is 19.8 Å². The van der Waals surface area contributed by atoms with Gasteiger partial charge in [-0.15, -0.1) is 0 Å². The number of aromatic amines is 2. The van der Waals surface area contributed by atoms with Gasteiger partial charge in [-0.2, -0.15) is 10.2 Å². The van der Waals surface area contributed by atoms with Crippen molar-refractivity contribution >= 4 is 5.91 Å². The molecule has 0 unspecified atom stereocenters. The van der Waals surface area contributed by atoms with Gasteiger partial charge in [0.2, 0.25) is 0 Å². The highest BCUT2D eigenvalue weighted by molar-refractivity contribution is 5.92. The van der Waals surface area contributed by atoms with E-state index in [0.717, 1.165) is 29.1 Å². The minimum atomic E-state index is -0.170. The van der Waals surface area contributed by atoms with E-state index in [0.29, 0.717) is 18.2 Å². The zero-order valence-corrected chi connectivity index (χ0v) is 12.4. The van der Waals surface area contributed by atoms with Crippen LogP contribution in [0.3, 0.4) is 0 Å². The van der Waals surface area contributed by atoms with Crippen LogP contribution in [0.25, 0.3) is 0 Å². The van der Waals surface area contributed by atoms with Crippen molar-refractivity contribution in [3.63, 3.8) is 0 Å². The molecule has 0 saturated carbocycles. The van der Waals surface area contributed by atoms with E-state index in [1.807, 2.05) is 19.9 Å². The van der Waals surface area contributed by atoms with Gasteiger partial charge in [0.05, 0.1) is 5.69 Å². The third-order valence-electron chi connectivity index (χ3n) is 3.20. The maximum atomic E-state index is 12.0. The second-order valence-corrected chi connectivity index (χ2v) is 5.47. The van der Waals surface area contributed by atoms with Gasteiger partial charge < -0.3 is 5.32 Å². The fourth-order valence-corrected chi connectivity index (χ4v) is 2.12. The second-order valence-electron chi connectivity index (χ2n) is 5.47. The predicted molar refractivity (Wildman–Crippen MR) is 76.4 cm³/mol. The van der Waals surface area contributed by atoms with Gasteiger partial charge >= 0.3 is 0 Å². The van der Waals surface area contributed by atoms with Crippen molar-refractivity contribution in [3.05, 3.63) is 34.4 Å². The molecule has 3 N–H and O–H groups in total. The van der Waals surface area contributed by atoms with Gasteiger partial charge in [-0.1, -0.05) is 13.8 Å². The van der Waals surface area contributed by atoms with Crippen LogP contribution in [0.1, 0.15) is 47.0 Å². The summed E-state index contributed by atoms with van der Waals surface area (Å²) in [4.78, 5) is 12.0. The summed E-state index contributed by atoms with van der Waals surface area (Å²) >= 11 is 0. The molecule has 2 aromatic rings. The third kappa shape index (κ3) is 3.26. The summed E-state index contributed by atoms with van der Waals surface area (Å²) in [5.41, 5.74) is 4.33. The molecule has 0 radical (unpaired) electrons. The SMILES string of the molecule is Cc1n[nH]c(C)c1CNC(=O)c1cc(CC(C)C)[nH]n1. The summed E-state index contributed by atoms with van der Waals surface area (Å²) in [5.74, 6) is 0.360. The highest BCUT2D eigenvalue weighted by Gasteiger charge is 2.13. The Morgan fingerprint density at radius 1 is 1.30 bits per heavy atom. The summed E-state index contributed by atoms with van der Waals surface area (Å²) in [5, 5.41) is 16.8. The van der Waals surface area contributed by atoms with E-state index in [4.69, 9.17) is 0 Å². The summed E-state index contributed by atoms with van der Waals surface area (Å²) in [6, 6.07) is 1.81. The van der Waals surface area contributed by atoms with Crippen LogP contribution in [0.2, 0.25) is 0 Å². The minimum absolute atomic E-state index is 0.170.